The van der Waals surface area contributed by atoms with Gasteiger partial charge in [0, 0.05) is 5.56 Å². The van der Waals surface area contributed by atoms with Crippen LogP contribution in [0.2, 0.25) is 0 Å². The fraction of sp³-hybridized carbons (Fsp3) is 0.300. The van der Waals surface area contributed by atoms with E-state index in [1.54, 1.807) is 0 Å². The van der Waals surface area contributed by atoms with Crippen molar-refractivity contribution in [3.05, 3.63) is 23.8 Å². The van der Waals surface area contributed by atoms with E-state index in [1.807, 2.05) is 0 Å². The van der Waals surface area contributed by atoms with Crippen LogP contribution in [0.4, 0.5) is 0 Å². The topological polar surface area (TPSA) is 107 Å². The van der Waals surface area contributed by atoms with E-state index >= 15 is 0 Å². The molecule has 6 nitrogen and oxygen atoms in total. The van der Waals surface area contributed by atoms with Crippen LogP contribution in [-0.4, -0.2) is 39.6 Å². The Morgan fingerprint density at radius 3 is 2.50 bits per heavy atom. The van der Waals surface area contributed by atoms with Gasteiger partial charge in [0.05, 0.1) is 7.11 Å². The third-order valence-electron chi connectivity index (χ3n) is 2.11. The van der Waals surface area contributed by atoms with Crippen LogP contribution in [0, 0.1) is 0 Å². The van der Waals surface area contributed by atoms with Crippen LogP contribution in [0.15, 0.2) is 18.2 Å². The quantitative estimate of drug-likeness (QED) is 0.572. The van der Waals surface area contributed by atoms with Gasteiger partial charge in [0.1, 0.15) is 17.6 Å². The van der Waals surface area contributed by atoms with Gasteiger partial charge < -0.3 is 25.2 Å². The number of carboxylic acid groups (broad SMARTS) is 1. The van der Waals surface area contributed by atoms with Gasteiger partial charge in [-0.2, -0.15) is 0 Å². The summed E-state index contributed by atoms with van der Waals surface area (Å²) in [4.78, 5) is 10.5. The van der Waals surface area contributed by atoms with Gasteiger partial charge in [0.25, 0.3) is 0 Å². The standard InChI is InChI=1S/C10H12O6/c1-16-5-2-3-7(11)6(4-5)8(12)9(13)10(14)15/h2-4,8-9,11-13H,1H3,(H,14,15). The average molecular weight is 228 g/mol. The summed E-state index contributed by atoms with van der Waals surface area (Å²) in [6.07, 6.45) is -3.72. The van der Waals surface area contributed by atoms with Crippen LogP contribution in [-0.2, 0) is 4.79 Å². The number of hydrogen-bond acceptors (Lipinski definition) is 5. The van der Waals surface area contributed by atoms with Crippen molar-refractivity contribution < 1.29 is 30.0 Å². The number of rotatable bonds is 4. The lowest BCUT2D eigenvalue weighted by molar-refractivity contribution is -0.153. The highest BCUT2D eigenvalue weighted by Gasteiger charge is 2.27. The molecule has 0 radical (unpaired) electrons. The molecule has 0 aromatic heterocycles. The Morgan fingerprint density at radius 2 is 2.00 bits per heavy atom. The fourth-order valence-electron chi connectivity index (χ4n) is 1.20. The average Bonchev–Trinajstić information content (AvgIpc) is 2.27. The maximum Gasteiger partial charge on any atom is 0.335 e. The predicted molar refractivity (Wildman–Crippen MR) is 53.3 cm³/mol. The molecule has 6 heteroatoms. The molecule has 0 aliphatic carbocycles. The summed E-state index contributed by atoms with van der Waals surface area (Å²) in [6.45, 7) is 0. The van der Waals surface area contributed by atoms with Gasteiger partial charge in [0.15, 0.2) is 6.10 Å². The molecule has 0 fully saturated rings. The molecule has 0 aliphatic heterocycles. The van der Waals surface area contributed by atoms with Crippen molar-refractivity contribution in [3.63, 3.8) is 0 Å². The monoisotopic (exact) mass is 228 g/mol. The van der Waals surface area contributed by atoms with Crippen LogP contribution in [0.1, 0.15) is 11.7 Å². The van der Waals surface area contributed by atoms with Crippen molar-refractivity contribution in [2.75, 3.05) is 7.11 Å². The molecule has 0 bridgehead atoms. The molecule has 0 amide bonds. The Labute approximate surface area is 91.3 Å². The molecule has 2 unspecified atom stereocenters. The summed E-state index contributed by atoms with van der Waals surface area (Å²) in [5, 5.41) is 36.6. The Hall–Kier alpha value is -1.79. The first-order valence-corrected chi connectivity index (χ1v) is 4.43. The zero-order valence-corrected chi connectivity index (χ0v) is 8.49. The lowest BCUT2D eigenvalue weighted by Gasteiger charge is -2.16. The molecule has 0 aliphatic rings. The lowest BCUT2D eigenvalue weighted by atomic mass is 10.0. The number of benzene rings is 1. The number of hydrogen-bond donors (Lipinski definition) is 4. The molecular weight excluding hydrogens is 216 g/mol. The van der Waals surface area contributed by atoms with Gasteiger partial charge in [-0.15, -0.1) is 0 Å². The zero-order chi connectivity index (χ0) is 12.3. The van der Waals surface area contributed by atoms with Crippen molar-refractivity contribution in [2.24, 2.45) is 0 Å². The van der Waals surface area contributed by atoms with E-state index in [0.29, 0.717) is 5.75 Å². The largest absolute Gasteiger partial charge is 0.508 e. The number of aliphatic hydroxyl groups excluding tert-OH is 2. The third-order valence-corrected chi connectivity index (χ3v) is 2.11. The van der Waals surface area contributed by atoms with Crippen molar-refractivity contribution in [3.8, 4) is 11.5 Å². The SMILES string of the molecule is COc1ccc(O)c(C(O)C(O)C(=O)O)c1. The summed E-state index contributed by atoms with van der Waals surface area (Å²) >= 11 is 0. The smallest absolute Gasteiger partial charge is 0.335 e. The minimum atomic E-state index is -2.00. The zero-order valence-electron chi connectivity index (χ0n) is 8.49. The number of phenols is 1. The molecule has 4 N–H and O–H groups in total. The van der Waals surface area contributed by atoms with Crippen LogP contribution >= 0.6 is 0 Å². The van der Waals surface area contributed by atoms with Crippen LogP contribution in [0.25, 0.3) is 0 Å². The number of carbonyl (C=O) groups is 1. The number of aliphatic carboxylic acids is 1. The third kappa shape index (κ3) is 2.41. The van der Waals surface area contributed by atoms with E-state index in [1.165, 1.54) is 25.3 Å². The maximum absolute atomic E-state index is 10.5. The van der Waals surface area contributed by atoms with Gasteiger partial charge in [-0.1, -0.05) is 0 Å². The van der Waals surface area contributed by atoms with Crippen LogP contribution in [0.5, 0.6) is 11.5 Å². The van der Waals surface area contributed by atoms with E-state index in [2.05, 4.69) is 0 Å². The highest BCUT2D eigenvalue weighted by Crippen LogP contribution is 2.30. The summed E-state index contributed by atoms with van der Waals surface area (Å²) in [7, 11) is 1.39. The van der Waals surface area contributed by atoms with Gasteiger partial charge in [-0.05, 0) is 18.2 Å². The molecule has 1 rings (SSSR count). The molecule has 1 aromatic carbocycles. The van der Waals surface area contributed by atoms with E-state index < -0.39 is 18.2 Å². The Bertz CT molecular complexity index is 389. The van der Waals surface area contributed by atoms with Gasteiger partial charge in [0.2, 0.25) is 0 Å². The van der Waals surface area contributed by atoms with Gasteiger partial charge in [-0.25, -0.2) is 4.79 Å². The molecule has 1 aromatic rings. The predicted octanol–water partition coefficient (Wildman–Crippen LogP) is -0.120. The second kappa shape index (κ2) is 4.82. The molecule has 0 heterocycles. The number of phenolic OH excluding ortho intramolecular Hbond substituents is 1. The second-order valence-electron chi connectivity index (χ2n) is 3.15. The molecule has 0 spiro atoms. The number of aromatic hydroxyl groups is 1. The summed E-state index contributed by atoms with van der Waals surface area (Å²) in [6, 6.07) is 3.94. The van der Waals surface area contributed by atoms with Crippen molar-refractivity contribution >= 4 is 5.97 Å². The maximum atomic E-state index is 10.5. The summed E-state index contributed by atoms with van der Waals surface area (Å²) in [5.41, 5.74) is -0.103. The first-order valence-electron chi connectivity index (χ1n) is 4.43. The fourth-order valence-corrected chi connectivity index (χ4v) is 1.20. The second-order valence-corrected chi connectivity index (χ2v) is 3.15. The van der Waals surface area contributed by atoms with Gasteiger partial charge in [-0.3, -0.25) is 0 Å². The van der Waals surface area contributed by atoms with Crippen molar-refractivity contribution in [1.82, 2.24) is 0 Å². The minimum absolute atomic E-state index is 0.103. The number of carboxylic acids is 1. The molecule has 88 valence electrons. The van der Waals surface area contributed by atoms with Crippen LogP contribution in [0.3, 0.4) is 0 Å². The van der Waals surface area contributed by atoms with Gasteiger partial charge >= 0.3 is 5.97 Å². The number of methoxy groups -OCH3 is 1. The summed E-state index contributed by atoms with van der Waals surface area (Å²) in [5.74, 6) is -1.55. The van der Waals surface area contributed by atoms with E-state index in [9.17, 15) is 15.0 Å². The normalized spacial score (nSPS) is 14.2. The Balaban J connectivity index is 3.06. The first kappa shape index (κ1) is 12.3. The molecule has 0 saturated carbocycles. The van der Waals surface area contributed by atoms with Crippen LogP contribution < -0.4 is 4.74 Å². The highest BCUT2D eigenvalue weighted by atomic mass is 16.5. The molecular formula is C10H12O6. The highest BCUT2D eigenvalue weighted by molar-refractivity contribution is 5.73. The summed E-state index contributed by atoms with van der Waals surface area (Å²) < 4.78 is 4.85. The lowest BCUT2D eigenvalue weighted by Crippen LogP contribution is -2.27. The minimum Gasteiger partial charge on any atom is -0.508 e. The molecule has 0 saturated heterocycles. The first-order chi connectivity index (χ1) is 7.47. The number of ether oxygens (including phenoxy) is 1. The van der Waals surface area contributed by atoms with E-state index in [4.69, 9.17) is 14.9 Å². The van der Waals surface area contributed by atoms with E-state index in [0.717, 1.165) is 0 Å². The number of aliphatic hydroxyl groups is 2. The molecule has 2 atom stereocenters. The molecule has 16 heavy (non-hydrogen) atoms. The van der Waals surface area contributed by atoms with Crippen molar-refractivity contribution in [2.45, 2.75) is 12.2 Å². The Kier molecular flexibility index (Phi) is 3.70. The van der Waals surface area contributed by atoms with Crippen molar-refractivity contribution in [1.29, 1.82) is 0 Å². The van der Waals surface area contributed by atoms with E-state index in [-0.39, 0.29) is 11.3 Å². The Morgan fingerprint density at radius 1 is 1.38 bits per heavy atom.